The zero-order valence-electron chi connectivity index (χ0n) is 25.9. The van der Waals surface area contributed by atoms with Gasteiger partial charge in [-0.3, -0.25) is 4.79 Å². The van der Waals surface area contributed by atoms with Crippen molar-refractivity contribution in [1.29, 1.82) is 0 Å². The molecule has 0 spiro atoms. The first-order valence-corrected chi connectivity index (χ1v) is 16.4. The lowest BCUT2D eigenvalue weighted by atomic mass is 9.80. The number of terminal acetylenes is 1. The van der Waals surface area contributed by atoms with Crippen LogP contribution in [-0.4, -0.2) is 79.1 Å². The number of nitrogens with one attached hydrogen (secondary N) is 1. The third-order valence-corrected chi connectivity index (χ3v) is 10.2. The lowest BCUT2D eigenvalue weighted by Gasteiger charge is -2.42. The summed E-state index contributed by atoms with van der Waals surface area (Å²) in [6.45, 7) is 7.06. The molecule has 4 fully saturated rings. The fraction of sp³-hybridized carbons (Fsp3) is 0.688. The molecule has 2 aromatic heterocycles. The molecule has 12 nitrogen and oxygen atoms in total. The predicted molar refractivity (Wildman–Crippen MR) is 170 cm³/mol. The third kappa shape index (κ3) is 6.19. The highest BCUT2D eigenvalue weighted by atomic mass is 16.4. The Balaban J connectivity index is 1.43. The maximum atomic E-state index is 13.0. The maximum absolute atomic E-state index is 13.0. The number of nitrogens with two attached hydrogens (primary N) is 1. The summed E-state index contributed by atoms with van der Waals surface area (Å²) in [7, 11) is 0. The lowest BCUT2D eigenvalue weighted by Crippen LogP contribution is -2.55. The number of fused-ring (bicyclic) bond motifs is 1. The summed E-state index contributed by atoms with van der Waals surface area (Å²) in [4.78, 5) is 46.8. The van der Waals surface area contributed by atoms with Crippen molar-refractivity contribution >= 4 is 40.8 Å². The van der Waals surface area contributed by atoms with E-state index in [1.165, 1.54) is 6.42 Å². The predicted octanol–water partition coefficient (Wildman–Crippen LogP) is 4.09. The zero-order chi connectivity index (χ0) is 31.0. The molecule has 2 unspecified atom stereocenters. The minimum atomic E-state index is -1.40. The van der Waals surface area contributed by atoms with Crippen LogP contribution in [0.15, 0.2) is 4.99 Å². The molecule has 1 aliphatic heterocycles. The van der Waals surface area contributed by atoms with Gasteiger partial charge in [-0.25, -0.2) is 14.8 Å². The van der Waals surface area contributed by atoms with Crippen LogP contribution >= 0.6 is 0 Å². The standard InChI is InChI=1S/C32H45N9O3/c1-4-20-9-11-21(12-10-20)17-41-25-27(34-19(3)22-7-6-8-22)36-29(26(33)35-32(43)44)37-28(25)38-31(41)40-16-15-39(18-24(40)5-2)30(42)23-13-14-23/h1,19-24H,5-18H2,2-3H3,(H2,33,35)(H,43,44)(H,34,36,37). The normalized spacial score (nSPS) is 25.4. The quantitative estimate of drug-likeness (QED) is 0.218. The number of carboxylic acid groups (broad SMARTS) is 1. The smallest absolute Gasteiger partial charge is 0.433 e. The molecule has 1 saturated heterocycles. The monoisotopic (exact) mass is 603 g/mol. The summed E-state index contributed by atoms with van der Waals surface area (Å²) in [5.41, 5.74) is 7.34. The van der Waals surface area contributed by atoms with Gasteiger partial charge >= 0.3 is 6.09 Å². The first kappa shape index (κ1) is 30.2. The number of piperazine rings is 1. The van der Waals surface area contributed by atoms with Crippen LogP contribution in [0, 0.1) is 36.0 Å². The van der Waals surface area contributed by atoms with Crippen LogP contribution in [0.5, 0.6) is 0 Å². The Morgan fingerprint density at radius 3 is 2.48 bits per heavy atom. The lowest BCUT2D eigenvalue weighted by molar-refractivity contribution is -0.133. The van der Waals surface area contributed by atoms with Crippen molar-refractivity contribution in [2.45, 2.75) is 96.7 Å². The molecule has 0 bridgehead atoms. The zero-order valence-corrected chi connectivity index (χ0v) is 25.9. The molecule has 3 saturated carbocycles. The number of hydrogen-bond acceptors (Lipinski definition) is 7. The molecule has 3 aliphatic carbocycles. The van der Waals surface area contributed by atoms with Crippen LogP contribution in [-0.2, 0) is 11.3 Å². The van der Waals surface area contributed by atoms with Gasteiger partial charge in [0, 0.05) is 50.1 Å². The maximum Gasteiger partial charge on any atom is 0.433 e. The second-order valence-corrected chi connectivity index (χ2v) is 13.2. The fourth-order valence-electron chi connectivity index (χ4n) is 7.08. The number of amidine groups is 1. The van der Waals surface area contributed by atoms with Crippen LogP contribution in [0.1, 0.15) is 83.9 Å². The molecule has 2 atom stereocenters. The van der Waals surface area contributed by atoms with Gasteiger partial charge < -0.3 is 30.5 Å². The number of rotatable bonds is 9. The second-order valence-electron chi connectivity index (χ2n) is 13.2. The molecule has 12 heteroatoms. The van der Waals surface area contributed by atoms with E-state index in [-0.39, 0.29) is 35.6 Å². The molecule has 6 rings (SSSR count). The minimum absolute atomic E-state index is 0.0424. The van der Waals surface area contributed by atoms with Gasteiger partial charge in [0.15, 0.2) is 23.1 Å². The summed E-state index contributed by atoms with van der Waals surface area (Å²) >= 11 is 0. The van der Waals surface area contributed by atoms with E-state index in [0.29, 0.717) is 48.9 Å². The Hall–Kier alpha value is -3.88. The largest absolute Gasteiger partial charge is 0.463 e. The van der Waals surface area contributed by atoms with Gasteiger partial charge in [0.05, 0.1) is 0 Å². The van der Waals surface area contributed by atoms with Crippen LogP contribution in [0.3, 0.4) is 0 Å². The molecular weight excluding hydrogens is 558 g/mol. The van der Waals surface area contributed by atoms with Gasteiger partial charge in [0.25, 0.3) is 0 Å². The number of imidazole rings is 1. The molecule has 4 N–H and O–H groups in total. The van der Waals surface area contributed by atoms with Crippen LogP contribution in [0.25, 0.3) is 11.2 Å². The van der Waals surface area contributed by atoms with E-state index in [9.17, 15) is 14.7 Å². The third-order valence-electron chi connectivity index (χ3n) is 10.2. The summed E-state index contributed by atoms with van der Waals surface area (Å²) in [6.07, 6.45) is 14.8. The molecule has 3 heterocycles. The van der Waals surface area contributed by atoms with Crippen molar-refractivity contribution in [1.82, 2.24) is 24.4 Å². The topological polar surface area (TPSA) is 155 Å². The average molecular weight is 604 g/mol. The van der Waals surface area contributed by atoms with Crippen LogP contribution < -0.4 is 16.0 Å². The number of carbonyl (C=O) groups is 2. The average Bonchev–Trinajstić information content (AvgIpc) is 3.77. The molecule has 236 valence electrons. The van der Waals surface area contributed by atoms with E-state index in [2.05, 4.69) is 44.5 Å². The number of anilines is 2. The van der Waals surface area contributed by atoms with Crippen molar-refractivity contribution in [2.75, 3.05) is 29.9 Å². The van der Waals surface area contributed by atoms with Crippen LogP contribution in [0.4, 0.5) is 16.6 Å². The molecule has 2 aromatic rings. The molecule has 0 aromatic carbocycles. The van der Waals surface area contributed by atoms with Gasteiger partial charge in [0.2, 0.25) is 11.9 Å². The van der Waals surface area contributed by atoms with E-state index >= 15 is 0 Å². The van der Waals surface area contributed by atoms with E-state index < -0.39 is 6.09 Å². The molecule has 2 amide bonds. The van der Waals surface area contributed by atoms with Crippen molar-refractivity contribution in [3.8, 4) is 12.3 Å². The number of hydrogen-bond donors (Lipinski definition) is 3. The molecular formula is C32H45N9O3. The van der Waals surface area contributed by atoms with Gasteiger partial charge in [-0.2, -0.15) is 9.98 Å². The Kier molecular flexibility index (Phi) is 8.65. The molecule has 4 aliphatic rings. The van der Waals surface area contributed by atoms with Crippen molar-refractivity contribution in [3.63, 3.8) is 0 Å². The van der Waals surface area contributed by atoms with E-state index in [1.807, 2.05) is 4.90 Å². The first-order chi connectivity index (χ1) is 21.2. The number of aromatic nitrogens is 4. The highest BCUT2D eigenvalue weighted by molar-refractivity contribution is 6.01. The Bertz CT molecular complexity index is 1460. The first-order valence-electron chi connectivity index (χ1n) is 16.4. The Morgan fingerprint density at radius 2 is 1.86 bits per heavy atom. The number of aliphatic imine (C=N–C) groups is 1. The van der Waals surface area contributed by atoms with Gasteiger partial charge in [-0.1, -0.05) is 13.3 Å². The highest BCUT2D eigenvalue weighted by Gasteiger charge is 2.39. The van der Waals surface area contributed by atoms with Crippen molar-refractivity contribution in [2.24, 2.45) is 34.4 Å². The van der Waals surface area contributed by atoms with Gasteiger partial charge in [-0.15, -0.1) is 12.3 Å². The van der Waals surface area contributed by atoms with E-state index in [0.717, 1.165) is 75.8 Å². The number of nitrogens with zero attached hydrogens (tertiary/aromatic N) is 7. The van der Waals surface area contributed by atoms with Crippen molar-refractivity contribution in [3.05, 3.63) is 5.82 Å². The van der Waals surface area contributed by atoms with Gasteiger partial charge in [-0.05, 0) is 76.5 Å². The van der Waals surface area contributed by atoms with E-state index in [4.69, 9.17) is 22.1 Å². The number of carbonyl (C=O) groups excluding carboxylic acids is 1. The Labute approximate surface area is 258 Å². The SMILES string of the molecule is C#CC1CCC(Cn2c(N3CCN(C(=O)C4CC4)CC3CC)nc3nc(C(N)=NC(=O)O)nc(NC(C)C4CCC4)c32)CC1. The highest BCUT2D eigenvalue weighted by Crippen LogP contribution is 2.37. The minimum Gasteiger partial charge on any atom is -0.463 e. The molecule has 44 heavy (non-hydrogen) atoms. The Morgan fingerprint density at radius 1 is 1.11 bits per heavy atom. The van der Waals surface area contributed by atoms with Crippen molar-refractivity contribution < 1.29 is 14.7 Å². The summed E-state index contributed by atoms with van der Waals surface area (Å²) < 4.78 is 2.27. The van der Waals surface area contributed by atoms with Crippen LogP contribution in [0.2, 0.25) is 0 Å². The summed E-state index contributed by atoms with van der Waals surface area (Å²) in [5.74, 6) is 5.88. The fourth-order valence-corrected chi connectivity index (χ4v) is 7.08. The van der Waals surface area contributed by atoms with E-state index in [1.54, 1.807) is 0 Å². The number of amides is 2. The summed E-state index contributed by atoms with van der Waals surface area (Å²) in [5, 5.41) is 12.9. The second kappa shape index (κ2) is 12.6. The summed E-state index contributed by atoms with van der Waals surface area (Å²) in [6, 6.07) is 0.265. The molecule has 0 radical (unpaired) electrons. The van der Waals surface area contributed by atoms with Gasteiger partial charge in [0.1, 0.15) is 5.52 Å².